The van der Waals surface area contributed by atoms with Gasteiger partial charge in [0.25, 0.3) is 0 Å². The topological polar surface area (TPSA) is 54.5 Å². The number of benzene rings is 1. The van der Waals surface area contributed by atoms with Crippen LogP contribution in [-0.4, -0.2) is 32.0 Å². The molecule has 0 N–H and O–H groups in total. The molecule has 1 aromatic carbocycles. The largest absolute Gasteiger partial charge is 0.340 e. The van der Waals surface area contributed by atoms with Crippen LogP contribution in [0.1, 0.15) is 10.4 Å². The van der Waals surface area contributed by atoms with Crippen molar-refractivity contribution in [2.75, 3.05) is 12.8 Å². The lowest BCUT2D eigenvalue weighted by Gasteiger charge is -2.17. The monoisotopic (exact) mass is 375 g/mol. The van der Waals surface area contributed by atoms with Crippen LogP contribution in [0.2, 0.25) is 4.34 Å². The Kier molecular flexibility index (Phi) is 5.78. The molecule has 0 spiro atoms. The first-order valence-corrected chi connectivity index (χ1v) is 9.70. The molecule has 0 bridgehead atoms. The van der Waals surface area contributed by atoms with Crippen molar-refractivity contribution in [3.05, 3.63) is 57.0 Å². The first kappa shape index (κ1) is 17.9. The Bertz CT molecular complexity index is 805. The minimum Gasteiger partial charge on any atom is -0.340 e. The van der Waals surface area contributed by atoms with Crippen LogP contribution < -0.4 is 0 Å². The van der Waals surface area contributed by atoms with Crippen molar-refractivity contribution >= 4 is 38.7 Å². The molecule has 0 aliphatic heterocycles. The quantitative estimate of drug-likeness (QED) is 0.779. The first-order chi connectivity index (χ1) is 10.8. The molecule has 0 saturated heterocycles. The van der Waals surface area contributed by atoms with Gasteiger partial charge in [0.2, 0.25) is 5.91 Å². The highest BCUT2D eigenvalue weighted by atomic mass is 35.5. The van der Waals surface area contributed by atoms with Crippen molar-refractivity contribution in [2.45, 2.75) is 12.3 Å². The molecule has 0 saturated carbocycles. The maximum Gasteiger partial charge on any atom is 0.237 e. The van der Waals surface area contributed by atoms with E-state index in [2.05, 4.69) is 0 Å². The SMILES string of the molecule is CN(Cc1ccccc1F)C(=O)CS(=O)(=O)Cc1ccc(Cl)s1. The van der Waals surface area contributed by atoms with Crippen molar-refractivity contribution in [3.8, 4) is 0 Å². The Labute approximate surface area is 143 Å². The van der Waals surface area contributed by atoms with Gasteiger partial charge in [0, 0.05) is 24.0 Å². The van der Waals surface area contributed by atoms with Crippen LogP contribution >= 0.6 is 22.9 Å². The Hall–Kier alpha value is -1.44. The zero-order chi connectivity index (χ0) is 17.0. The van der Waals surface area contributed by atoms with Crippen molar-refractivity contribution in [1.29, 1.82) is 0 Å². The van der Waals surface area contributed by atoms with Crippen molar-refractivity contribution in [1.82, 2.24) is 4.90 Å². The van der Waals surface area contributed by atoms with Crippen LogP contribution in [0.3, 0.4) is 0 Å². The molecular weight excluding hydrogens is 361 g/mol. The number of sulfone groups is 1. The molecule has 8 heteroatoms. The maximum atomic E-state index is 13.6. The lowest BCUT2D eigenvalue weighted by Crippen LogP contribution is -2.32. The van der Waals surface area contributed by atoms with Gasteiger partial charge in [-0.1, -0.05) is 29.8 Å². The van der Waals surface area contributed by atoms with E-state index in [1.807, 2.05) is 0 Å². The molecule has 0 unspecified atom stereocenters. The van der Waals surface area contributed by atoms with Crippen molar-refractivity contribution in [3.63, 3.8) is 0 Å². The van der Waals surface area contributed by atoms with E-state index in [-0.39, 0.29) is 12.3 Å². The zero-order valence-corrected chi connectivity index (χ0v) is 14.7. The fraction of sp³-hybridized carbons (Fsp3) is 0.267. The summed E-state index contributed by atoms with van der Waals surface area (Å²) in [5.74, 6) is -1.85. The summed E-state index contributed by atoms with van der Waals surface area (Å²) < 4.78 is 38.2. The molecule has 0 fully saturated rings. The summed E-state index contributed by atoms with van der Waals surface area (Å²) in [5.41, 5.74) is 0.339. The number of amides is 1. The first-order valence-electron chi connectivity index (χ1n) is 6.69. The molecule has 0 aliphatic rings. The zero-order valence-electron chi connectivity index (χ0n) is 12.3. The van der Waals surface area contributed by atoms with Gasteiger partial charge in [-0.05, 0) is 18.2 Å². The molecule has 23 heavy (non-hydrogen) atoms. The smallest absolute Gasteiger partial charge is 0.237 e. The highest BCUT2D eigenvalue weighted by Crippen LogP contribution is 2.23. The number of carbonyl (C=O) groups is 1. The van der Waals surface area contributed by atoms with Gasteiger partial charge >= 0.3 is 0 Å². The fourth-order valence-corrected chi connectivity index (χ4v) is 4.85. The van der Waals surface area contributed by atoms with Crippen molar-refractivity contribution in [2.24, 2.45) is 0 Å². The molecule has 1 heterocycles. The van der Waals surface area contributed by atoms with E-state index < -0.39 is 27.3 Å². The van der Waals surface area contributed by atoms with Crippen LogP contribution in [0.15, 0.2) is 36.4 Å². The van der Waals surface area contributed by atoms with Gasteiger partial charge in [-0.15, -0.1) is 11.3 Å². The predicted octanol–water partition coefficient (Wildman–Crippen LogP) is 3.11. The van der Waals surface area contributed by atoms with Gasteiger partial charge in [-0.2, -0.15) is 0 Å². The standard InChI is InChI=1S/C15H15ClFNO3S2/c1-18(8-11-4-2-3-5-13(11)17)15(19)10-23(20,21)9-12-6-7-14(16)22-12/h2-7H,8-10H2,1H3. The van der Waals surface area contributed by atoms with E-state index in [0.29, 0.717) is 14.8 Å². The van der Waals surface area contributed by atoms with E-state index in [1.54, 1.807) is 30.3 Å². The average Bonchev–Trinajstić information content (AvgIpc) is 2.85. The van der Waals surface area contributed by atoms with Gasteiger partial charge in [0.05, 0.1) is 10.1 Å². The molecule has 1 amide bonds. The molecule has 2 aromatic rings. The number of halogens is 2. The summed E-state index contributed by atoms with van der Waals surface area (Å²) in [6, 6.07) is 9.30. The van der Waals surface area contributed by atoms with Crippen LogP contribution in [0, 0.1) is 5.82 Å². The average molecular weight is 376 g/mol. The molecule has 124 valence electrons. The number of carbonyl (C=O) groups excluding carboxylic acids is 1. The van der Waals surface area contributed by atoms with Crippen LogP contribution in [0.5, 0.6) is 0 Å². The Morgan fingerprint density at radius 3 is 2.57 bits per heavy atom. The highest BCUT2D eigenvalue weighted by molar-refractivity contribution is 7.91. The van der Waals surface area contributed by atoms with E-state index in [9.17, 15) is 17.6 Å². The van der Waals surface area contributed by atoms with E-state index in [1.165, 1.54) is 29.4 Å². The second kappa shape index (κ2) is 7.42. The van der Waals surface area contributed by atoms with Gasteiger partial charge in [0.1, 0.15) is 11.6 Å². The second-order valence-electron chi connectivity index (χ2n) is 5.08. The van der Waals surface area contributed by atoms with Gasteiger partial charge in [-0.3, -0.25) is 4.79 Å². The van der Waals surface area contributed by atoms with Crippen LogP contribution in [0.25, 0.3) is 0 Å². The predicted molar refractivity (Wildman–Crippen MR) is 89.7 cm³/mol. The minimum atomic E-state index is -3.60. The van der Waals surface area contributed by atoms with E-state index in [0.717, 1.165) is 0 Å². The Balaban J connectivity index is 1.98. The van der Waals surface area contributed by atoms with Crippen molar-refractivity contribution < 1.29 is 17.6 Å². The highest BCUT2D eigenvalue weighted by Gasteiger charge is 2.21. The summed E-state index contributed by atoms with van der Waals surface area (Å²) in [5, 5.41) is 0. The Morgan fingerprint density at radius 2 is 1.96 bits per heavy atom. The van der Waals surface area contributed by atoms with Gasteiger partial charge in [0.15, 0.2) is 9.84 Å². The third-order valence-corrected chi connectivity index (χ3v) is 5.98. The second-order valence-corrected chi connectivity index (χ2v) is 8.94. The number of hydrogen-bond acceptors (Lipinski definition) is 4. The number of hydrogen-bond donors (Lipinski definition) is 0. The summed E-state index contributed by atoms with van der Waals surface area (Å²) in [7, 11) is -2.15. The molecule has 0 radical (unpaired) electrons. The van der Waals surface area contributed by atoms with E-state index >= 15 is 0 Å². The third kappa shape index (κ3) is 5.30. The lowest BCUT2D eigenvalue weighted by molar-refractivity contribution is -0.127. The van der Waals surface area contributed by atoms with Crippen LogP contribution in [-0.2, 0) is 26.9 Å². The summed E-state index contributed by atoms with van der Waals surface area (Å²) in [6.07, 6.45) is 0. The molecule has 0 atom stereocenters. The summed E-state index contributed by atoms with van der Waals surface area (Å²) >= 11 is 6.93. The van der Waals surface area contributed by atoms with Gasteiger partial charge < -0.3 is 4.90 Å². The number of nitrogens with zero attached hydrogens (tertiary/aromatic N) is 1. The Morgan fingerprint density at radius 1 is 1.26 bits per heavy atom. The summed E-state index contributed by atoms with van der Waals surface area (Å²) in [6.45, 7) is 0.0197. The third-order valence-electron chi connectivity index (χ3n) is 3.13. The minimum absolute atomic E-state index is 0.0197. The van der Waals surface area contributed by atoms with Crippen LogP contribution in [0.4, 0.5) is 4.39 Å². The van der Waals surface area contributed by atoms with E-state index in [4.69, 9.17) is 11.6 Å². The molecule has 1 aromatic heterocycles. The van der Waals surface area contributed by atoms with Gasteiger partial charge in [-0.25, -0.2) is 12.8 Å². The molecular formula is C15H15ClFNO3S2. The molecule has 0 aliphatic carbocycles. The molecule has 4 nitrogen and oxygen atoms in total. The summed E-state index contributed by atoms with van der Waals surface area (Å²) in [4.78, 5) is 13.9. The normalized spacial score (nSPS) is 11.4. The fourth-order valence-electron chi connectivity index (χ4n) is 1.97. The number of rotatable bonds is 6. The maximum absolute atomic E-state index is 13.6. The number of thiophene rings is 1. The lowest BCUT2D eigenvalue weighted by atomic mass is 10.2. The molecule has 2 rings (SSSR count).